The van der Waals surface area contributed by atoms with Gasteiger partial charge in [-0.3, -0.25) is 9.59 Å². The first-order valence-electron chi connectivity index (χ1n) is 11.8. The lowest BCUT2D eigenvalue weighted by molar-refractivity contribution is -0.125. The van der Waals surface area contributed by atoms with Crippen molar-refractivity contribution < 1.29 is 18.3 Å². The van der Waals surface area contributed by atoms with Gasteiger partial charge in [-0.05, 0) is 72.0 Å². The minimum absolute atomic E-state index is 0. The summed E-state index contributed by atoms with van der Waals surface area (Å²) < 4.78 is 34.5. The maximum atomic E-state index is 13.9. The molecule has 1 aromatic heterocycles. The van der Waals surface area contributed by atoms with Gasteiger partial charge in [-0.1, -0.05) is 24.3 Å². The van der Waals surface area contributed by atoms with Gasteiger partial charge in [0.15, 0.2) is 0 Å². The fourth-order valence-corrected chi connectivity index (χ4v) is 4.62. The van der Waals surface area contributed by atoms with Gasteiger partial charge in [-0.25, -0.2) is 8.78 Å². The molecule has 0 bridgehead atoms. The van der Waals surface area contributed by atoms with Crippen LogP contribution in [-0.4, -0.2) is 23.6 Å². The van der Waals surface area contributed by atoms with Crippen LogP contribution in [-0.2, 0) is 24.5 Å². The number of piperidine rings is 1. The highest BCUT2D eigenvalue weighted by atomic mass is 79.9. The van der Waals surface area contributed by atoms with Gasteiger partial charge in [0.25, 0.3) is 5.56 Å². The van der Waals surface area contributed by atoms with Crippen molar-refractivity contribution in [2.45, 2.75) is 39.5 Å². The summed E-state index contributed by atoms with van der Waals surface area (Å²) in [5.41, 5.74) is 2.52. The smallest absolute Gasteiger partial charge is 0.269 e. The molecule has 1 fully saturated rings. The molecule has 6 nitrogen and oxygen atoms in total. The summed E-state index contributed by atoms with van der Waals surface area (Å²) >= 11 is 3.30. The largest absolute Gasteiger partial charge is 0.487 e. The van der Waals surface area contributed by atoms with Crippen LogP contribution >= 0.6 is 28.3 Å². The summed E-state index contributed by atoms with van der Waals surface area (Å²) in [5.74, 6) is -0.911. The third-order valence-electron chi connectivity index (χ3n) is 6.35. The molecule has 0 atom stereocenters. The Bertz CT molecular complexity index is 1300. The molecule has 0 aliphatic carbocycles. The molecule has 10 heteroatoms. The highest BCUT2D eigenvalue weighted by Gasteiger charge is 2.20. The lowest BCUT2D eigenvalue weighted by atomic mass is 9.97. The number of nitrogens with zero attached hydrogens (tertiary/aromatic N) is 1. The fraction of sp³-hybridized carbons (Fsp3) is 0.333. The van der Waals surface area contributed by atoms with Crippen molar-refractivity contribution in [3.63, 3.8) is 0 Å². The van der Waals surface area contributed by atoms with E-state index in [2.05, 4.69) is 26.6 Å². The predicted octanol–water partition coefficient (Wildman–Crippen LogP) is 4.86. The van der Waals surface area contributed by atoms with Gasteiger partial charge >= 0.3 is 0 Å². The Labute approximate surface area is 229 Å². The molecular formula is C27H29BrClF2N3O3. The normalized spacial score (nSPS) is 13.6. The Morgan fingerprint density at radius 2 is 1.78 bits per heavy atom. The maximum Gasteiger partial charge on any atom is 0.269 e. The monoisotopic (exact) mass is 595 g/mol. The number of amides is 1. The summed E-state index contributed by atoms with van der Waals surface area (Å²) in [6.45, 7) is 4.24. The Kier molecular flexibility index (Phi) is 10.3. The first-order chi connectivity index (χ1) is 17.3. The zero-order chi connectivity index (χ0) is 25.7. The molecule has 0 saturated carbocycles. The lowest BCUT2D eigenvalue weighted by Gasteiger charge is -2.21. The number of carbonyl (C=O) groups is 1. The molecule has 2 aromatic carbocycles. The van der Waals surface area contributed by atoms with Gasteiger partial charge in [0.2, 0.25) is 5.91 Å². The van der Waals surface area contributed by atoms with Crippen molar-refractivity contribution in [2.24, 2.45) is 5.92 Å². The Morgan fingerprint density at radius 3 is 2.46 bits per heavy atom. The minimum atomic E-state index is -0.703. The van der Waals surface area contributed by atoms with Crippen LogP contribution in [0.1, 0.15) is 35.2 Å². The van der Waals surface area contributed by atoms with E-state index < -0.39 is 11.6 Å². The topological polar surface area (TPSA) is 72.4 Å². The molecule has 1 aliphatic rings. The number of ether oxygens (including phenoxy) is 1. The van der Waals surface area contributed by atoms with Crippen LogP contribution in [0.25, 0.3) is 0 Å². The number of carbonyl (C=O) groups excluding carboxylic acids is 1. The number of nitrogens with one attached hydrogen (secondary N) is 2. The van der Waals surface area contributed by atoms with E-state index in [0.717, 1.165) is 49.2 Å². The van der Waals surface area contributed by atoms with Gasteiger partial charge in [-0.2, -0.15) is 0 Å². The van der Waals surface area contributed by atoms with Crippen molar-refractivity contribution in [1.82, 2.24) is 15.2 Å². The molecule has 1 aliphatic heterocycles. The van der Waals surface area contributed by atoms with Crippen LogP contribution in [0.4, 0.5) is 8.78 Å². The summed E-state index contributed by atoms with van der Waals surface area (Å²) in [6.07, 6.45) is 1.72. The highest BCUT2D eigenvalue weighted by molar-refractivity contribution is 9.10. The molecular weight excluding hydrogens is 568 g/mol. The van der Waals surface area contributed by atoms with E-state index in [0.29, 0.717) is 18.8 Å². The summed E-state index contributed by atoms with van der Waals surface area (Å²) in [6, 6.07) is 12.7. The number of pyridine rings is 1. The summed E-state index contributed by atoms with van der Waals surface area (Å²) in [4.78, 5) is 25.3. The molecule has 4 rings (SSSR count). The first-order valence-corrected chi connectivity index (χ1v) is 12.6. The van der Waals surface area contributed by atoms with Crippen LogP contribution in [0.15, 0.2) is 57.8 Å². The van der Waals surface area contributed by atoms with E-state index in [9.17, 15) is 18.4 Å². The van der Waals surface area contributed by atoms with Crippen LogP contribution < -0.4 is 20.9 Å². The quantitative estimate of drug-likeness (QED) is 0.390. The molecule has 0 spiro atoms. The second kappa shape index (κ2) is 13.2. The number of hydrogen-bond donors (Lipinski definition) is 2. The second-order valence-electron chi connectivity index (χ2n) is 8.94. The number of rotatable bonds is 8. The molecule has 37 heavy (non-hydrogen) atoms. The molecule has 1 amide bonds. The molecule has 1 saturated heterocycles. The van der Waals surface area contributed by atoms with Crippen LogP contribution in [0, 0.1) is 24.5 Å². The van der Waals surface area contributed by atoms with Crippen molar-refractivity contribution in [3.8, 4) is 5.75 Å². The Morgan fingerprint density at radius 1 is 1.11 bits per heavy atom. The average molecular weight is 597 g/mol. The zero-order valence-corrected chi connectivity index (χ0v) is 22.8. The molecule has 2 N–H and O–H groups in total. The molecule has 0 unspecified atom stereocenters. The van der Waals surface area contributed by atoms with Crippen LogP contribution in [0.3, 0.4) is 0 Å². The van der Waals surface area contributed by atoms with Gasteiger partial charge in [0.05, 0.1) is 6.54 Å². The zero-order valence-electron chi connectivity index (χ0n) is 20.4. The van der Waals surface area contributed by atoms with Crippen molar-refractivity contribution in [3.05, 3.63) is 97.4 Å². The molecule has 2 heterocycles. The van der Waals surface area contributed by atoms with Crippen LogP contribution in [0.2, 0.25) is 0 Å². The highest BCUT2D eigenvalue weighted by Crippen LogP contribution is 2.24. The number of benzene rings is 2. The standard InChI is InChI=1S/C27H28BrF2N3O3.ClH/c1-17-12-24(36-16-21-6-7-22(29)13-23(21)30)25(28)27(35)33(17)15-19-4-2-18(3-5-19)14-32-26(34)20-8-10-31-11-9-20;/h2-7,12-13,20,31H,8-11,14-16H2,1H3,(H,32,34);1H. The van der Waals surface area contributed by atoms with Crippen LogP contribution in [0.5, 0.6) is 5.75 Å². The third kappa shape index (κ3) is 7.40. The molecule has 3 aromatic rings. The van der Waals surface area contributed by atoms with Gasteiger partial charge in [0, 0.05) is 35.9 Å². The van der Waals surface area contributed by atoms with Gasteiger partial charge in [0.1, 0.15) is 28.5 Å². The predicted molar refractivity (Wildman–Crippen MR) is 144 cm³/mol. The number of hydrogen-bond acceptors (Lipinski definition) is 4. The number of aryl methyl sites for hydroxylation is 1. The Balaban J connectivity index is 0.00000380. The van der Waals surface area contributed by atoms with E-state index in [4.69, 9.17) is 4.74 Å². The third-order valence-corrected chi connectivity index (χ3v) is 7.08. The summed E-state index contributed by atoms with van der Waals surface area (Å²) in [7, 11) is 0. The van der Waals surface area contributed by atoms with E-state index in [1.165, 1.54) is 6.07 Å². The van der Waals surface area contributed by atoms with Crippen molar-refractivity contribution in [1.29, 1.82) is 0 Å². The lowest BCUT2D eigenvalue weighted by Crippen LogP contribution is -2.37. The minimum Gasteiger partial charge on any atom is -0.487 e. The average Bonchev–Trinajstić information content (AvgIpc) is 2.88. The van der Waals surface area contributed by atoms with E-state index in [1.54, 1.807) is 17.6 Å². The van der Waals surface area contributed by atoms with E-state index in [-0.39, 0.29) is 52.2 Å². The van der Waals surface area contributed by atoms with E-state index in [1.807, 2.05) is 24.3 Å². The SMILES string of the molecule is Cc1cc(OCc2ccc(F)cc2F)c(Br)c(=O)n1Cc1ccc(CNC(=O)C2CCNCC2)cc1.Cl. The van der Waals surface area contributed by atoms with Crippen molar-refractivity contribution in [2.75, 3.05) is 13.1 Å². The van der Waals surface area contributed by atoms with Crippen molar-refractivity contribution >= 4 is 34.2 Å². The molecule has 198 valence electrons. The van der Waals surface area contributed by atoms with E-state index >= 15 is 0 Å². The maximum absolute atomic E-state index is 13.9. The number of aromatic nitrogens is 1. The first kappa shape index (κ1) is 28.8. The fourth-order valence-electron chi connectivity index (χ4n) is 4.17. The van der Waals surface area contributed by atoms with Gasteiger partial charge < -0.3 is 19.9 Å². The Hall–Kier alpha value is -2.75. The molecule has 0 radical (unpaired) electrons. The summed E-state index contributed by atoms with van der Waals surface area (Å²) in [5, 5.41) is 6.28. The van der Waals surface area contributed by atoms with Gasteiger partial charge in [-0.15, -0.1) is 12.4 Å². The second-order valence-corrected chi connectivity index (χ2v) is 9.73. The number of halogens is 4.